The number of para-hydroxylation sites is 2. The Balaban J connectivity index is 1.45. The van der Waals surface area contributed by atoms with Gasteiger partial charge in [-0.15, -0.1) is 0 Å². The maximum atomic E-state index is 12.6. The largest absolute Gasteiger partial charge is 0.495 e. The van der Waals surface area contributed by atoms with Gasteiger partial charge in [-0.3, -0.25) is 14.2 Å². The lowest BCUT2D eigenvalue weighted by Crippen LogP contribution is -2.40. The van der Waals surface area contributed by atoms with Gasteiger partial charge in [0.25, 0.3) is 5.56 Å². The summed E-state index contributed by atoms with van der Waals surface area (Å²) in [7, 11) is 1.62. The highest BCUT2D eigenvalue weighted by Crippen LogP contribution is 2.33. The van der Waals surface area contributed by atoms with Crippen molar-refractivity contribution in [1.82, 2.24) is 14.9 Å². The van der Waals surface area contributed by atoms with Crippen molar-refractivity contribution in [2.45, 2.75) is 19.0 Å². The fourth-order valence-electron chi connectivity index (χ4n) is 3.70. The van der Waals surface area contributed by atoms with Crippen LogP contribution in [0.4, 0.5) is 5.69 Å². The summed E-state index contributed by atoms with van der Waals surface area (Å²) in [6, 6.07) is 12.8. The first kappa shape index (κ1) is 19.3. The molecule has 4 rings (SSSR count). The van der Waals surface area contributed by atoms with Crippen LogP contribution in [-0.2, 0) is 11.3 Å². The molecule has 1 aromatic heterocycles. The molecule has 2 aromatic carbocycles. The van der Waals surface area contributed by atoms with E-state index in [0.29, 0.717) is 22.6 Å². The van der Waals surface area contributed by atoms with Crippen LogP contribution >= 0.6 is 11.6 Å². The summed E-state index contributed by atoms with van der Waals surface area (Å²) in [6.45, 7) is 1.38. The SMILES string of the molecule is COc1ccc(Cl)cc1N1CCC(NC(=O)Cn2c(=O)cnc3ccccc32)C1. The fraction of sp³-hybridized carbons (Fsp3) is 0.286. The summed E-state index contributed by atoms with van der Waals surface area (Å²) in [5.74, 6) is 0.546. The average molecular weight is 413 g/mol. The molecule has 1 unspecified atom stereocenters. The second kappa shape index (κ2) is 8.13. The minimum Gasteiger partial charge on any atom is -0.495 e. The molecular weight excluding hydrogens is 392 g/mol. The summed E-state index contributed by atoms with van der Waals surface area (Å²) in [6.07, 6.45) is 2.05. The van der Waals surface area contributed by atoms with Crippen molar-refractivity contribution < 1.29 is 9.53 Å². The first-order valence-corrected chi connectivity index (χ1v) is 9.75. The first-order chi connectivity index (χ1) is 14.0. The van der Waals surface area contributed by atoms with Crippen molar-refractivity contribution in [2.24, 2.45) is 0 Å². The number of nitrogens with zero attached hydrogens (tertiary/aromatic N) is 3. The van der Waals surface area contributed by atoms with Crippen molar-refractivity contribution in [3.05, 3.63) is 64.0 Å². The van der Waals surface area contributed by atoms with Gasteiger partial charge in [0.05, 0.1) is 30.0 Å². The molecule has 150 valence electrons. The van der Waals surface area contributed by atoms with E-state index in [1.165, 1.54) is 10.8 Å². The highest BCUT2D eigenvalue weighted by Gasteiger charge is 2.26. The monoisotopic (exact) mass is 412 g/mol. The van der Waals surface area contributed by atoms with E-state index in [1.54, 1.807) is 19.2 Å². The number of carbonyl (C=O) groups is 1. The molecule has 0 radical (unpaired) electrons. The Hall–Kier alpha value is -3.06. The molecule has 1 fully saturated rings. The van der Waals surface area contributed by atoms with Crippen LogP contribution in [-0.4, -0.2) is 41.7 Å². The van der Waals surface area contributed by atoms with Gasteiger partial charge < -0.3 is 15.0 Å². The summed E-state index contributed by atoms with van der Waals surface area (Å²) in [5, 5.41) is 3.67. The maximum absolute atomic E-state index is 12.6. The molecule has 8 heteroatoms. The van der Waals surface area contributed by atoms with E-state index >= 15 is 0 Å². The van der Waals surface area contributed by atoms with Gasteiger partial charge in [-0.2, -0.15) is 0 Å². The van der Waals surface area contributed by atoms with Crippen molar-refractivity contribution in [3.8, 4) is 5.75 Å². The Labute approximate surface area is 172 Å². The van der Waals surface area contributed by atoms with Crippen molar-refractivity contribution in [1.29, 1.82) is 0 Å². The molecular formula is C21H21ClN4O3. The highest BCUT2D eigenvalue weighted by atomic mass is 35.5. The third-order valence-corrected chi connectivity index (χ3v) is 5.32. The molecule has 1 saturated heterocycles. The van der Waals surface area contributed by atoms with E-state index < -0.39 is 0 Å². The zero-order valence-corrected chi connectivity index (χ0v) is 16.7. The molecule has 7 nitrogen and oxygen atoms in total. The first-order valence-electron chi connectivity index (χ1n) is 9.37. The number of rotatable bonds is 5. The standard InChI is InChI=1S/C21H21ClN4O3/c1-29-19-7-6-14(22)10-18(19)25-9-8-15(12-25)24-20(27)13-26-17-5-3-2-4-16(17)23-11-21(26)28/h2-7,10-11,15H,8-9,12-13H2,1H3,(H,24,27). The van der Waals surface area contributed by atoms with Crippen LogP contribution in [0.3, 0.4) is 0 Å². The molecule has 0 aliphatic carbocycles. The van der Waals surface area contributed by atoms with Crippen LogP contribution < -0.4 is 20.5 Å². The van der Waals surface area contributed by atoms with Crippen molar-refractivity contribution in [3.63, 3.8) is 0 Å². The quantitative estimate of drug-likeness (QED) is 0.696. The van der Waals surface area contributed by atoms with E-state index in [1.807, 2.05) is 30.3 Å². The Morgan fingerprint density at radius 1 is 1.31 bits per heavy atom. The van der Waals surface area contributed by atoms with Gasteiger partial charge in [0.2, 0.25) is 5.91 Å². The normalized spacial score (nSPS) is 16.2. The van der Waals surface area contributed by atoms with Crippen molar-refractivity contribution in [2.75, 3.05) is 25.1 Å². The number of fused-ring (bicyclic) bond motifs is 1. The van der Waals surface area contributed by atoms with E-state index in [9.17, 15) is 9.59 Å². The second-order valence-corrected chi connectivity index (χ2v) is 7.42. The Morgan fingerprint density at radius 2 is 2.14 bits per heavy atom. The number of benzene rings is 2. The summed E-state index contributed by atoms with van der Waals surface area (Å²) < 4.78 is 6.88. The number of aromatic nitrogens is 2. The lowest BCUT2D eigenvalue weighted by atomic mass is 10.2. The zero-order chi connectivity index (χ0) is 20.4. The topological polar surface area (TPSA) is 76.5 Å². The Bertz CT molecular complexity index is 1110. The molecule has 1 amide bonds. The molecule has 2 heterocycles. The third kappa shape index (κ3) is 4.05. The average Bonchev–Trinajstić information content (AvgIpc) is 3.18. The van der Waals surface area contributed by atoms with Crippen LogP contribution in [0.5, 0.6) is 5.75 Å². The molecule has 3 aromatic rings. The van der Waals surface area contributed by atoms with Crippen molar-refractivity contribution >= 4 is 34.2 Å². The van der Waals surface area contributed by atoms with Gasteiger partial charge in [0.15, 0.2) is 0 Å². The number of anilines is 1. The second-order valence-electron chi connectivity index (χ2n) is 6.99. The van der Waals surface area contributed by atoms with Gasteiger partial charge in [-0.05, 0) is 36.8 Å². The van der Waals surface area contributed by atoms with Gasteiger partial charge in [0.1, 0.15) is 12.3 Å². The zero-order valence-electron chi connectivity index (χ0n) is 16.0. The van der Waals surface area contributed by atoms with E-state index in [2.05, 4.69) is 15.2 Å². The van der Waals surface area contributed by atoms with E-state index in [-0.39, 0.29) is 24.1 Å². The van der Waals surface area contributed by atoms with E-state index in [0.717, 1.165) is 24.4 Å². The van der Waals surface area contributed by atoms with Gasteiger partial charge in [-0.25, -0.2) is 4.98 Å². The van der Waals surface area contributed by atoms with Crippen LogP contribution in [0.1, 0.15) is 6.42 Å². The molecule has 0 spiro atoms. The number of hydrogen-bond acceptors (Lipinski definition) is 5. The number of amides is 1. The molecule has 1 aliphatic rings. The molecule has 29 heavy (non-hydrogen) atoms. The Morgan fingerprint density at radius 3 is 2.97 bits per heavy atom. The number of hydrogen-bond donors (Lipinski definition) is 1. The lowest BCUT2D eigenvalue weighted by molar-refractivity contribution is -0.122. The predicted molar refractivity (Wildman–Crippen MR) is 113 cm³/mol. The smallest absolute Gasteiger partial charge is 0.269 e. The lowest BCUT2D eigenvalue weighted by Gasteiger charge is -2.22. The number of halogens is 1. The number of ether oxygens (including phenoxy) is 1. The molecule has 0 saturated carbocycles. The third-order valence-electron chi connectivity index (χ3n) is 5.09. The van der Waals surface area contributed by atoms with Gasteiger partial charge in [-0.1, -0.05) is 23.7 Å². The van der Waals surface area contributed by atoms with Gasteiger partial charge >= 0.3 is 0 Å². The minimum atomic E-state index is -0.296. The fourth-order valence-corrected chi connectivity index (χ4v) is 3.87. The molecule has 1 atom stereocenters. The number of carbonyl (C=O) groups excluding carboxylic acids is 1. The summed E-state index contributed by atoms with van der Waals surface area (Å²) >= 11 is 6.14. The molecule has 1 N–H and O–H groups in total. The van der Waals surface area contributed by atoms with Crippen LogP contribution in [0, 0.1) is 0 Å². The van der Waals surface area contributed by atoms with Crippen LogP contribution in [0.25, 0.3) is 11.0 Å². The molecule has 1 aliphatic heterocycles. The van der Waals surface area contributed by atoms with Gasteiger partial charge in [0, 0.05) is 24.2 Å². The highest BCUT2D eigenvalue weighted by molar-refractivity contribution is 6.30. The predicted octanol–water partition coefficient (Wildman–Crippen LogP) is 2.45. The van der Waals surface area contributed by atoms with Crippen LogP contribution in [0.15, 0.2) is 53.5 Å². The van der Waals surface area contributed by atoms with Crippen LogP contribution in [0.2, 0.25) is 5.02 Å². The summed E-state index contributed by atoms with van der Waals surface area (Å²) in [5.41, 5.74) is 1.94. The Kier molecular flexibility index (Phi) is 5.40. The number of methoxy groups -OCH3 is 1. The maximum Gasteiger partial charge on any atom is 0.269 e. The molecule has 0 bridgehead atoms. The van der Waals surface area contributed by atoms with E-state index in [4.69, 9.17) is 16.3 Å². The number of nitrogens with one attached hydrogen (secondary N) is 1. The summed E-state index contributed by atoms with van der Waals surface area (Å²) in [4.78, 5) is 31.1. The minimum absolute atomic E-state index is 0.0185.